The van der Waals surface area contributed by atoms with E-state index in [1.807, 2.05) is 76.6 Å². The number of benzene rings is 4. The standard InChI is InChI=1S/3C14H18S.C11H15F3S.C11H18S.C10H10S/c1-9(2)7-12-5-6-14-13(8-12)10(3)11(4)15-14;1-9(2)7-12-5-6-13-10(3)11(4)15-14(13)8-12;1-9(2)8-12-6-5-7-13-10(3)11(4)15-14(12)13;1-7-5-9(15-8(7)2)6-10(3,4)11(12,13)14;1-8-6-10(12-9(8)2)7-11(3,4)5;1-7-8(2)11-10-6-4-3-5-9(7)10/h2*5-6,8-9H,7H2,1-4H3;5-7,9H,8H2,1-4H3;5H,6H2,1-4H3;6H,7H2,1-5H3;3-6H,1-2H3. The Bertz CT molecular complexity index is 3630. The van der Waals surface area contributed by atoms with E-state index in [0.717, 1.165) is 33.1 Å². The van der Waals surface area contributed by atoms with Crippen LogP contribution in [0.5, 0.6) is 0 Å². The number of rotatable bonds is 9. The number of hydrogen-bond acceptors (Lipinski definition) is 6. The van der Waals surface area contributed by atoms with Crippen LogP contribution in [0, 0.1) is 112 Å². The number of aryl methyl sites for hydroxylation is 12. The molecule has 0 radical (unpaired) electrons. The Kier molecular flexibility index (Phi) is 25.2. The van der Waals surface area contributed by atoms with Crippen molar-refractivity contribution in [3.8, 4) is 0 Å². The molecule has 6 aromatic heterocycles. The largest absolute Gasteiger partial charge is 0.394 e. The lowest BCUT2D eigenvalue weighted by Crippen LogP contribution is -2.33. The fourth-order valence-corrected chi connectivity index (χ4v) is 16.9. The van der Waals surface area contributed by atoms with Gasteiger partial charge < -0.3 is 0 Å². The van der Waals surface area contributed by atoms with E-state index in [0.29, 0.717) is 5.41 Å². The Morgan fingerprint density at radius 1 is 0.373 bits per heavy atom. The van der Waals surface area contributed by atoms with E-state index in [1.54, 1.807) is 0 Å². The summed E-state index contributed by atoms with van der Waals surface area (Å²) in [7, 11) is 0. The Balaban J connectivity index is 0.000000183. The van der Waals surface area contributed by atoms with Gasteiger partial charge in [0.2, 0.25) is 0 Å². The number of thiophene rings is 6. The number of hydrogen-bond donors (Lipinski definition) is 0. The minimum absolute atomic E-state index is 0.0653. The Morgan fingerprint density at radius 2 is 0.795 bits per heavy atom. The van der Waals surface area contributed by atoms with E-state index in [1.165, 1.54) is 165 Å². The molecule has 450 valence electrons. The van der Waals surface area contributed by atoms with Gasteiger partial charge in [0, 0.05) is 57.8 Å². The predicted octanol–water partition coefficient (Wildman–Crippen LogP) is 26.1. The molecule has 6 heterocycles. The van der Waals surface area contributed by atoms with Crippen molar-refractivity contribution in [3.63, 3.8) is 0 Å². The second-order valence-electron chi connectivity index (χ2n) is 26.1. The smallest absolute Gasteiger partial charge is 0.171 e. The maximum Gasteiger partial charge on any atom is 0.394 e. The highest BCUT2D eigenvalue weighted by molar-refractivity contribution is 7.20. The van der Waals surface area contributed by atoms with Crippen molar-refractivity contribution in [3.05, 3.63) is 180 Å². The SMILES string of the molecule is Cc1cc(CC(C)(C)C(F)(F)F)sc1C.Cc1cc(CC(C)(C)C)sc1C.Cc1sc2c(CC(C)C)cccc2c1C.Cc1sc2cc(CC(C)C)ccc2c1C.Cc1sc2ccc(CC(C)C)cc2c1C.Cc1sc2ccccc2c1C. The summed E-state index contributed by atoms with van der Waals surface area (Å²) in [6, 6.07) is 33.3. The normalized spacial score (nSPS) is 11.8. The van der Waals surface area contributed by atoms with Gasteiger partial charge in [0.15, 0.2) is 0 Å². The summed E-state index contributed by atoms with van der Waals surface area (Å²) in [6.07, 6.45) is 0.688. The van der Waals surface area contributed by atoms with Crippen LogP contribution in [-0.2, 0) is 32.1 Å². The van der Waals surface area contributed by atoms with Gasteiger partial charge in [-0.25, -0.2) is 0 Å². The first-order valence-electron chi connectivity index (χ1n) is 29.6. The average molecular weight is 1240 g/mol. The molecule has 9 heteroatoms. The minimum atomic E-state index is -4.14. The molecule has 0 amide bonds. The molecule has 10 aromatic rings. The molecular weight excluding hydrogens is 1140 g/mol. The zero-order chi connectivity index (χ0) is 62.1. The quantitative estimate of drug-likeness (QED) is 0.135. The summed E-state index contributed by atoms with van der Waals surface area (Å²) >= 11 is 11.1. The van der Waals surface area contributed by atoms with Crippen LogP contribution in [0.3, 0.4) is 0 Å². The van der Waals surface area contributed by atoms with Crippen molar-refractivity contribution in [1.29, 1.82) is 0 Å². The van der Waals surface area contributed by atoms with Crippen LogP contribution < -0.4 is 0 Å². The first kappa shape index (κ1) is 69.7. The van der Waals surface area contributed by atoms with Gasteiger partial charge in [-0.1, -0.05) is 137 Å². The Morgan fingerprint density at radius 3 is 1.28 bits per heavy atom. The zero-order valence-corrected chi connectivity index (χ0v) is 59.4. The molecule has 0 unspecified atom stereocenters. The average Bonchev–Trinajstić information content (AvgIpc) is 4.43. The molecule has 0 spiro atoms. The molecule has 0 aliphatic rings. The van der Waals surface area contributed by atoms with E-state index in [2.05, 4.69) is 216 Å². The molecule has 0 bridgehead atoms. The molecule has 0 aliphatic heterocycles. The third-order valence-corrected chi connectivity index (χ3v) is 22.4. The van der Waals surface area contributed by atoms with Crippen LogP contribution in [-0.4, -0.2) is 6.18 Å². The van der Waals surface area contributed by atoms with Crippen LogP contribution in [0.4, 0.5) is 13.2 Å². The zero-order valence-electron chi connectivity index (χ0n) is 54.5. The van der Waals surface area contributed by atoms with Crippen molar-refractivity contribution in [1.82, 2.24) is 0 Å². The first-order chi connectivity index (χ1) is 38.5. The summed E-state index contributed by atoms with van der Waals surface area (Å²) < 4.78 is 43.7. The van der Waals surface area contributed by atoms with Crippen LogP contribution in [0.2, 0.25) is 0 Å². The molecule has 0 nitrogen and oxygen atoms in total. The van der Waals surface area contributed by atoms with Gasteiger partial charge in [0.05, 0.1) is 5.41 Å². The lowest BCUT2D eigenvalue weighted by Gasteiger charge is -2.26. The third-order valence-electron chi connectivity index (χ3n) is 15.3. The third kappa shape index (κ3) is 20.0. The molecule has 10 rings (SSSR count). The van der Waals surface area contributed by atoms with Crippen LogP contribution in [0.25, 0.3) is 40.3 Å². The van der Waals surface area contributed by atoms with Crippen LogP contribution >= 0.6 is 68.0 Å². The monoisotopic (exact) mass is 1230 g/mol. The molecule has 0 saturated heterocycles. The second kappa shape index (κ2) is 30.0. The Hall–Kier alpha value is -4.09. The second-order valence-corrected chi connectivity index (χ2v) is 33.8. The predicted molar refractivity (Wildman–Crippen MR) is 375 cm³/mol. The molecule has 83 heavy (non-hydrogen) atoms. The van der Waals surface area contributed by atoms with E-state index in [-0.39, 0.29) is 6.42 Å². The Labute approximate surface area is 523 Å². The number of alkyl halides is 3. The van der Waals surface area contributed by atoms with Crippen molar-refractivity contribution < 1.29 is 13.2 Å². The fourth-order valence-electron chi connectivity index (χ4n) is 9.83. The molecule has 0 atom stereocenters. The van der Waals surface area contributed by atoms with E-state index in [9.17, 15) is 13.2 Å². The molecule has 0 aliphatic carbocycles. The number of fused-ring (bicyclic) bond motifs is 4. The fraction of sp³-hybridized carbons (Fsp3) is 0.459. The van der Waals surface area contributed by atoms with E-state index in [4.69, 9.17) is 0 Å². The van der Waals surface area contributed by atoms with Gasteiger partial charge in [0.1, 0.15) is 0 Å². The summed E-state index contributed by atoms with van der Waals surface area (Å²) in [6.45, 7) is 49.0. The number of halogens is 3. The van der Waals surface area contributed by atoms with Gasteiger partial charge >= 0.3 is 6.18 Å². The van der Waals surface area contributed by atoms with Gasteiger partial charge in [0.25, 0.3) is 0 Å². The highest BCUT2D eigenvalue weighted by atomic mass is 32.1. The molecule has 0 saturated carbocycles. The van der Waals surface area contributed by atoms with Gasteiger partial charge in [-0.15, -0.1) is 68.0 Å². The van der Waals surface area contributed by atoms with Gasteiger partial charge in [-0.05, 0) is 240 Å². The molecule has 0 fully saturated rings. The van der Waals surface area contributed by atoms with Crippen molar-refractivity contribution in [2.24, 2.45) is 28.6 Å². The van der Waals surface area contributed by atoms with Gasteiger partial charge in [-0.2, -0.15) is 13.2 Å². The lowest BCUT2D eigenvalue weighted by molar-refractivity contribution is -0.210. The van der Waals surface area contributed by atoms with Crippen molar-refractivity contribution in [2.45, 2.75) is 198 Å². The van der Waals surface area contributed by atoms with Crippen molar-refractivity contribution >= 4 is 108 Å². The van der Waals surface area contributed by atoms with Gasteiger partial charge in [-0.3, -0.25) is 0 Å². The summed E-state index contributed by atoms with van der Waals surface area (Å²) in [5, 5.41) is 5.76. The maximum absolute atomic E-state index is 12.6. The lowest BCUT2D eigenvalue weighted by atomic mass is 9.88. The van der Waals surface area contributed by atoms with E-state index < -0.39 is 11.6 Å². The minimum Gasteiger partial charge on any atom is -0.171 e. The molecular formula is C74H97F3S6. The maximum atomic E-state index is 12.6. The summed E-state index contributed by atoms with van der Waals surface area (Å²) in [5.41, 5.74) is 11.6. The highest BCUT2D eigenvalue weighted by Gasteiger charge is 2.47. The highest BCUT2D eigenvalue weighted by Crippen LogP contribution is 2.42. The summed E-state index contributed by atoms with van der Waals surface area (Å²) in [4.78, 5) is 10.7. The van der Waals surface area contributed by atoms with E-state index >= 15 is 0 Å². The van der Waals surface area contributed by atoms with Crippen molar-refractivity contribution in [2.75, 3.05) is 0 Å². The topological polar surface area (TPSA) is 0 Å². The van der Waals surface area contributed by atoms with Crippen LogP contribution in [0.15, 0.2) is 91.0 Å². The summed E-state index contributed by atoms with van der Waals surface area (Å²) in [5.74, 6) is 2.21. The molecule has 4 aromatic carbocycles. The molecule has 0 N–H and O–H groups in total. The van der Waals surface area contributed by atoms with Crippen LogP contribution in [0.1, 0.15) is 165 Å². The first-order valence-corrected chi connectivity index (χ1v) is 34.5.